The minimum absolute atomic E-state index is 0.0585. The summed E-state index contributed by atoms with van der Waals surface area (Å²) >= 11 is 1.46. The van der Waals surface area contributed by atoms with Crippen LogP contribution in [0, 0.1) is 0 Å². The summed E-state index contributed by atoms with van der Waals surface area (Å²) in [4.78, 5) is 13.0. The summed E-state index contributed by atoms with van der Waals surface area (Å²) in [6.45, 7) is 5.54. The summed E-state index contributed by atoms with van der Waals surface area (Å²) in [6.07, 6.45) is -0.561. The van der Waals surface area contributed by atoms with E-state index in [4.69, 9.17) is 9.47 Å². The number of hydrogen-bond acceptors (Lipinski definition) is 6. The Hall–Kier alpha value is -2.03. The Kier molecular flexibility index (Phi) is 6.55. The number of carbonyl (C=O) groups excluding carboxylic acids is 1. The molecule has 1 heterocycles. The summed E-state index contributed by atoms with van der Waals surface area (Å²) in [5.74, 6) is 0. The van der Waals surface area contributed by atoms with Crippen molar-refractivity contribution in [3.05, 3.63) is 60.2 Å². The molecule has 1 N–H and O–H groups in total. The number of sulfone groups is 1. The molecule has 0 spiro atoms. The third-order valence-electron chi connectivity index (χ3n) is 4.14. The maximum Gasteiger partial charge on any atom is 0.407 e. The molecule has 6 nitrogen and oxygen atoms in total. The van der Waals surface area contributed by atoms with Gasteiger partial charge in [-0.05, 0) is 44.5 Å². The maximum absolute atomic E-state index is 13.1. The molecule has 2 atom stereocenters. The van der Waals surface area contributed by atoms with Gasteiger partial charge < -0.3 is 14.8 Å². The van der Waals surface area contributed by atoms with E-state index in [1.54, 1.807) is 32.9 Å². The molecule has 2 unspecified atom stereocenters. The Bertz CT molecular complexity index is 955. The van der Waals surface area contributed by atoms with Crippen LogP contribution in [0.3, 0.4) is 0 Å². The highest BCUT2D eigenvalue weighted by molar-refractivity contribution is 8.01. The van der Waals surface area contributed by atoms with E-state index in [0.29, 0.717) is 4.90 Å². The largest absolute Gasteiger partial charge is 0.444 e. The average Bonchev–Trinajstić information content (AvgIpc) is 2.86. The molecule has 29 heavy (non-hydrogen) atoms. The van der Waals surface area contributed by atoms with E-state index in [-0.39, 0.29) is 18.4 Å². The van der Waals surface area contributed by atoms with Crippen LogP contribution >= 0.6 is 11.8 Å². The summed E-state index contributed by atoms with van der Waals surface area (Å²) < 4.78 is 37.1. The third-order valence-corrected chi connectivity index (χ3v) is 7.62. The topological polar surface area (TPSA) is 81.7 Å². The number of nitrogens with one attached hydrogen (secondary N) is 1. The molecule has 0 saturated heterocycles. The lowest BCUT2D eigenvalue weighted by atomic mass is 10.1. The van der Waals surface area contributed by atoms with Crippen LogP contribution in [-0.4, -0.2) is 38.7 Å². The highest BCUT2D eigenvalue weighted by Crippen LogP contribution is 2.49. The van der Waals surface area contributed by atoms with Crippen LogP contribution in [0.15, 0.2) is 64.4 Å². The van der Waals surface area contributed by atoms with Crippen LogP contribution in [0.5, 0.6) is 0 Å². The van der Waals surface area contributed by atoms with Crippen molar-refractivity contribution >= 4 is 27.7 Å². The number of hydrogen-bond donors (Lipinski definition) is 1. The van der Waals surface area contributed by atoms with Crippen molar-refractivity contribution in [2.24, 2.45) is 0 Å². The van der Waals surface area contributed by atoms with Gasteiger partial charge in [-0.1, -0.05) is 36.4 Å². The maximum atomic E-state index is 13.1. The zero-order valence-electron chi connectivity index (χ0n) is 16.6. The molecule has 0 bridgehead atoms. The van der Waals surface area contributed by atoms with Gasteiger partial charge in [0.05, 0.1) is 16.8 Å². The fourth-order valence-electron chi connectivity index (χ4n) is 2.99. The number of amides is 1. The van der Waals surface area contributed by atoms with Crippen LogP contribution in [0.1, 0.15) is 31.6 Å². The first-order valence-corrected chi connectivity index (χ1v) is 11.7. The van der Waals surface area contributed by atoms with Crippen LogP contribution in [0.4, 0.5) is 4.79 Å². The Balaban J connectivity index is 1.71. The number of rotatable bonds is 6. The minimum atomic E-state index is -3.63. The summed E-state index contributed by atoms with van der Waals surface area (Å²) in [7, 11) is -3.63. The second kappa shape index (κ2) is 8.77. The lowest BCUT2D eigenvalue weighted by molar-refractivity contribution is 0.0488. The predicted octanol–water partition coefficient (Wildman–Crippen LogP) is 4.17. The number of alkyl carbamates (subject to hydrolysis) is 1. The zero-order valence-corrected chi connectivity index (χ0v) is 18.3. The Labute approximate surface area is 175 Å². The molecule has 0 fully saturated rings. The van der Waals surface area contributed by atoms with E-state index >= 15 is 0 Å². The molecule has 0 aliphatic carbocycles. The molecule has 3 rings (SSSR count). The summed E-state index contributed by atoms with van der Waals surface area (Å²) in [5.41, 5.74) is -0.879. The van der Waals surface area contributed by atoms with Crippen molar-refractivity contribution in [2.45, 2.75) is 46.8 Å². The first-order chi connectivity index (χ1) is 13.7. The molecule has 156 valence electrons. The molecule has 0 radical (unpaired) electrons. The number of benzene rings is 2. The van der Waals surface area contributed by atoms with Crippen molar-refractivity contribution < 1.29 is 22.7 Å². The van der Waals surface area contributed by atoms with Gasteiger partial charge in [-0.25, -0.2) is 13.2 Å². The van der Waals surface area contributed by atoms with Gasteiger partial charge in [0.15, 0.2) is 5.44 Å². The minimum Gasteiger partial charge on any atom is -0.444 e. The third kappa shape index (κ3) is 5.32. The van der Waals surface area contributed by atoms with E-state index in [1.165, 1.54) is 11.8 Å². The molecule has 8 heteroatoms. The summed E-state index contributed by atoms with van der Waals surface area (Å²) in [6, 6.07) is 16.6. The van der Waals surface area contributed by atoms with Gasteiger partial charge in [0.1, 0.15) is 5.60 Å². The van der Waals surface area contributed by atoms with Gasteiger partial charge in [0.2, 0.25) is 9.84 Å². The number of fused-ring (bicyclic) bond motifs is 1. The van der Waals surface area contributed by atoms with Gasteiger partial charge in [-0.2, -0.15) is 0 Å². The number of thioether (sulfide) groups is 1. The second-order valence-corrected chi connectivity index (χ2v) is 10.8. The zero-order chi connectivity index (χ0) is 21.1. The molecule has 1 amide bonds. The van der Waals surface area contributed by atoms with E-state index in [0.717, 1.165) is 10.5 Å². The molecular weight excluding hydrogens is 410 g/mol. The molecule has 1 aliphatic rings. The van der Waals surface area contributed by atoms with E-state index in [9.17, 15) is 13.2 Å². The van der Waals surface area contributed by atoms with Crippen LogP contribution < -0.4 is 5.32 Å². The fourth-order valence-corrected chi connectivity index (χ4v) is 6.59. The monoisotopic (exact) mass is 435 g/mol. The molecular formula is C21H25NO5S2. The highest BCUT2D eigenvalue weighted by atomic mass is 32.2. The van der Waals surface area contributed by atoms with Gasteiger partial charge in [0, 0.05) is 11.4 Å². The first kappa shape index (κ1) is 21.7. The average molecular weight is 436 g/mol. The number of carbonyl (C=O) groups is 1. The van der Waals surface area contributed by atoms with Gasteiger partial charge in [0.25, 0.3) is 0 Å². The van der Waals surface area contributed by atoms with E-state index in [2.05, 4.69) is 5.32 Å². The van der Waals surface area contributed by atoms with Crippen LogP contribution in [0.25, 0.3) is 0 Å². The second-order valence-electron chi connectivity index (χ2n) is 7.60. The number of ether oxygens (including phenoxy) is 2. The lowest BCUT2D eigenvalue weighted by Gasteiger charge is -2.21. The Morgan fingerprint density at radius 2 is 1.72 bits per heavy atom. The van der Waals surface area contributed by atoms with Crippen molar-refractivity contribution in [3.63, 3.8) is 0 Å². The fraction of sp³-hybridized carbons (Fsp3) is 0.381. The quantitative estimate of drug-likeness (QED) is 0.686. The van der Waals surface area contributed by atoms with Crippen LogP contribution in [0.2, 0.25) is 0 Å². The molecule has 2 aromatic rings. The Morgan fingerprint density at radius 3 is 2.41 bits per heavy atom. The smallest absolute Gasteiger partial charge is 0.407 e. The van der Waals surface area contributed by atoms with Gasteiger partial charge in [-0.15, -0.1) is 11.8 Å². The van der Waals surface area contributed by atoms with Gasteiger partial charge in [-0.3, -0.25) is 0 Å². The van der Waals surface area contributed by atoms with Crippen molar-refractivity contribution in [2.75, 3.05) is 13.2 Å². The summed E-state index contributed by atoms with van der Waals surface area (Å²) in [5, 5.41) is 2.20. The van der Waals surface area contributed by atoms with Crippen molar-refractivity contribution in [1.82, 2.24) is 5.32 Å². The standard InChI is InChI=1S/C21H25NO5S2/c1-21(2,3)27-20(23)22-13-14-26-19-18(28-15-9-5-4-6-10-15)16-11-7-8-12-17(16)29(19,24)25/h4-12,18-19H,13-14H2,1-3H3,(H,22,23). The lowest BCUT2D eigenvalue weighted by Crippen LogP contribution is -2.35. The van der Waals surface area contributed by atoms with Gasteiger partial charge >= 0.3 is 6.09 Å². The van der Waals surface area contributed by atoms with E-state index < -0.39 is 27.0 Å². The predicted molar refractivity (Wildman–Crippen MR) is 113 cm³/mol. The molecule has 0 aromatic heterocycles. The van der Waals surface area contributed by atoms with Crippen LogP contribution in [-0.2, 0) is 19.3 Å². The van der Waals surface area contributed by atoms with Crippen molar-refractivity contribution in [1.29, 1.82) is 0 Å². The van der Waals surface area contributed by atoms with Crippen molar-refractivity contribution in [3.8, 4) is 0 Å². The molecule has 0 saturated carbocycles. The Morgan fingerprint density at radius 1 is 1.07 bits per heavy atom. The first-order valence-electron chi connectivity index (χ1n) is 9.31. The molecule has 1 aliphatic heterocycles. The van der Waals surface area contributed by atoms with E-state index in [1.807, 2.05) is 42.5 Å². The highest BCUT2D eigenvalue weighted by Gasteiger charge is 2.46. The molecule has 2 aromatic carbocycles. The SMILES string of the molecule is CC(C)(C)OC(=O)NCCOC1C(Sc2ccccc2)c2ccccc2S1(=O)=O. The normalized spacial score (nSPS) is 20.1.